The van der Waals surface area contributed by atoms with E-state index in [-0.39, 0.29) is 18.0 Å². The average Bonchev–Trinajstić information content (AvgIpc) is 2.72. The molecule has 3 unspecified atom stereocenters. The molecule has 0 radical (unpaired) electrons. The molecule has 9 nitrogen and oxygen atoms in total. The molecule has 1 fully saturated rings. The van der Waals surface area contributed by atoms with Crippen LogP contribution in [0.4, 0.5) is 4.79 Å². The highest BCUT2D eigenvalue weighted by Gasteiger charge is 2.43. The van der Waals surface area contributed by atoms with Gasteiger partial charge >= 0.3 is 6.09 Å². The van der Waals surface area contributed by atoms with E-state index in [1.54, 1.807) is 25.7 Å². The maximum atomic E-state index is 14.1. The molecule has 3 atom stereocenters. The summed E-state index contributed by atoms with van der Waals surface area (Å²) in [6.45, 7) is 13.0. The largest absolute Gasteiger partial charge is 0.444 e. The summed E-state index contributed by atoms with van der Waals surface area (Å²) in [5.74, 6) is -1.56. The van der Waals surface area contributed by atoms with Crippen molar-refractivity contribution in [3.63, 3.8) is 0 Å². The Bertz CT molecular complexity index is 983. The van der Waals surface area contributed by atoms with Crippen molar-refractivity contribution in [2.45, 2.75) is 117 Å². The molecule has 1 aliphatic carbocycles. The molecule has 0 spiro atoms. The number of carbonyl (C=O) groups excluding carboxylic acids is 4. The van der Waals surface area contributed by atoms with Crippen LogP contribution in [-0.2, 0) is 19.1 Å². The Labute approximate surface area is 220 Å². The summed E-state index contributed by atoms with van der Waals surface area (Å²) in [5, 5.41) is 5.62. The fourth-order valence-corrected chi connectivity index (χ4v) is 4.53. The minimum absolute atomic E-state index is 0.0789. The van der Waals surface area contributed by atoms with Crippen LogP contribution < -0.4 is 16.4 Å². The van der Waals surface area contributed by atoms with Gasteiger partial charge in [0.1, 0.15) is 17.7 Å². The van der Waals surface area contributed by atoms with E-state index in [0.29, 0.717) is 0 Å². The molecule has 0 aliphatic heterocycles. The number of primary amides is 1. The van der Waals surface area contributed by atoms with E-state index in [4.69, 9.17) is 10.5 Å². The number of hydrogen-bond acceptors (Lipinski definition) is 5. The third-order valence-electron chi connectivity index (χ3n) is 6.69. The van der Waals surface area contributed by atoms with Gasteiger partial charge in [-0.1, -0.05) is 31.5 Å². The van der Waals surface area contributed by atoms with Crippen molar-refractivity contribution in [3.05, 3.63) is 34.9 Å². The second-order valence-corrected chi connectivity index (χ2v) is 11.1. The molecule has 4 amide bonds. The van der Waals surface area contributed by atoms with Crippen molar-refractivity contribution in [2.75, 3.05) is 0 Å². The summed E-state index contributed by atoms with van der Waals surface area (Å²) < 4.78 is 5.34. The van der Waals surface area contributed by atoms with Gasteiger partial charge in [-0.3, -0.25) is 14.4 Å². The molecular formula is C28H44N4O5. The van der Waals surface area contributed by atoms with Crippen molar-refractivity contribution in [2.24, 2.45) is 5.73 Å². The van der Waals surface area contributed by atoms with E-state index in [9.17, 15) is 19.2 Å². The molecule has 0 bridgehead atoms. The molecule has 1 saturated carbocycles. The van der Waals surface area contributed by atoms with Crippen LogP contribution in [0.3, 0.4) is 0 Å². The summed E-state index contributed by atoms with van der Waals surface area (Å²) in [6.07, 6.45) is 2.83. The monoisotopic (exact) mass is 516 g/mol. The summed E-state index contributed by atoms with van der Waals surface area (Å²) in [5.41, 5.74) is 7.30. The zero-order chi connectivity index (χ0) is 27.9. The fraction of sp³-hybridized carbons (Fsp3) is 0.643. The Morgan fingerprint density at radius 2 is 1.78 bits per heavy atom. The maximum absolute atomic E-state index is 14.1. The summed E-state index contributed by atoms with van der Waals surface area (Å²) in [6, 6.07) is 3.22. The standard InChI is InChI=1S/C28H44N4O5/c1-8-11-18(3)30-25(34)24(21-15-9-12-17(2)19(21)4)32(20-13-10-14-20)26(35)22(16-23(29)33)31-27(36)37-28(5,6)7/h9,12,15,18,20,22,24H,8,10-11,13-14,16H2,1-7H3,(H2,29,33)(H,30,34)(H,31,36). The number of carbonyl (C=O) groups is 4. The Morgan fingerprint density at radius 3 is 2.30 bits per heavy atom. The van der Waals surface area contributed by atoms with E-state index in [1.165, 1.54) is 0 Å². The molecule has 1 aromatic rings. The number of amides is 4. The molecule has 1 aliphatic rings. The second-order valence-electron chi connectivity index (χ2n) is 11.1. The van der Waals surface area contributed by atoms with Crippen molar-refractivity contribution in [3.8, 4) is 0 Å². The van der Waals surface area contributed by atoms with Gasteiger partial charge < -0.3 is 26.0 Å². The molecule has 4 N–H and O–H groups in total. The first kappa shape index (κ1) is 30.1. The van der Waals surface area contributed by atoms with Gasteiger partial charge in [0.25, 0.3) is 0 Å². The van der Waals surface area contributed by atoms with E-state index in [1.807, 2.05) is 45.9 Å². The zero-order valence-corrected chi connectivity index (χ0v) is 23.3. The van der Waals surface area contributed by atoms with Gasteiger partial charge in [-0.2, -0.15) is 0 Å². The summed E-state index contributed by atoms with van der Waals surface area (Å²) in [7, 11) is 0. The van der Waals surface area contributed by atoms with Crippen LogP contribution in [0.25, 0.3) is 0 Å². The minimum atomic E-state index is -1.26. The first-order valence-corrected chi connectivity index (χ1v) is 13.2. The number of aryl methyl sites for hydroxylation is 1. The Hall–Kier alpha value is -3.10. The lowest BCUT2D eigenvalue weighted by molar-refractivity contribution is -0.148. The molecule has 1 aromatic carbocycles. The normalized spacial score (nSPS) is 16.1. The molecule has 0 aromatic heterocycles. The van der Waals surface area contributed by atoms with Gasteiger partial charge in [-0.05, 0) is 83.9 Å². The fourth-order valence-electron chi connectivity index (χ4n) is 4.53. The number of ether oxygens (including phenoxy) is 1. The third kappa shape index (κ3) is 8.47. The first-order valence-electron chi connectivity index (χ1n) is 13.2. The van der Waals surface area contributed by atoms with Crippen LogP contribution in [0, 0.1) is 13.8 Å². The van der Waals surface area contributed by atoms with Crippen LogP contribution in [0.5, 0.6) is 0 Å². The lowest BCUT2D eigenvalue weighted by Gasteiger charge is -2.44. The van der Waals surface area contributed by atoms with Crippen molar-refractivity contribution < 1.29 is 23.9 Å². The lowest BCUT2D eigenvalue weighted by Crippen LogP contribution is -2.58. The maximum Gasteiger partial charge on any atom is 0.408 e. The SMILES string of the molecule is CCCC(C)NC(=O)C(c1cccc(C)c1C)N(C(=O)C(CC(N)=O)NC(=O)OC(C)(C)C)C1CCC1. The number of nitrogens with zero attached hydrogens (tertiary/aromatic N) is 1. The number of rotatable bonds is 11. The van der Waals surface area contributed by atoms with Crippen molar-refractivity contribution in [1.29, 1.82) is 0 Å². The van der Waals surface area contributed by atoms with E-state index >= 15 is 0 Å². The highest BCUT2D eigenvalue weighted by molar-refractivity contribution is 5.95. The zero-order valence-electron chi connectivity index (χ0n) is 23.3. The Balaban J connectivity index is 2.55. The van der Waals surface area contributed by atoms with Crippen molar-refractivity contribution in [1.82, 2.24) is 15.5 Å². The summed E-state index contributed by atoms with van der Waals surface area (Å²) in [4.78, 5) is 54.0. The molecule has 0 heterocycles. The number of nitrogens with two attached hydrogens (primary N) is 1. The average molecular weight is 517 g/mol. The number of benzene rings is 1. The van der Waals surface area contributed by atoms with Crippen LogP contribution in [-0.4, -0.2) is 52.4 Å². The summed E-state index contributed by atoms with van der Waals surface area (Å²) >= 11 is 0. The minimum Gasteiger partial charge on any atom is -0.444 e. The first-order chi connectivity index (χ1) is 17.2. The molecule has 2 rings (SSSR count). The molecule has 0 saturated heterocycles. The molecular weight excluding hydrogens is 472 g/mol. The van der Waals surface area contributed by atoms with Crippen LogP contribution in [0.2, 0.25) is 0 Å². The lowest BCUT2D eigenvalue weighted by atomic mass is 9.86. The molecule has 9 heteroatoms. The quantitative estimate of drug-likeness (QED) is 0.412. The van der Waals surface area contributed by atoms with Gasteiger partial charge in [0.15, 0.2) is 0 Å². The second kappa shape index (κ2) is 12.9. The predicted molar refractivity (Wildman–Crippen MR) is 143 cm³/mol. The number of alkyl carbamates (subject to hydrolysis) is 1. The van der Waals surface area contributed by atoms with Gasteiger partial charge in [-0.25, -0.2) is 4.79 Å². The Morgan fingerprint density at radius 1 is 1.14 bits per heavy atom. The topological polar surface area (TPSA) is 131 Å². The van der Waals surface area contributed by atoms with Crippen LogP contribution in [0.1, 0.15) is 95.9 Å². The van der Waals surface area contributed by atoms with Gasteiger partial charge in [0, 0.05) is 12.1 Å². The smallest absolute Gasteiger partial charge is 0.408 e. The van der Waals surface area contributed by atoms with Gasteiger partial charge in [0.05, 0.1) is 6.42 Å². The van der Waals surface area contributed by atoms with Crippen molar-refractivity contribution >= 4 is 23.8 Å². The highest BCUT2D eigenvalue weighted by atomic mass is 16.6. The van der Waals surface area contributed by atoms with Crippen LogP contribution >= 0.6 is 0 Å². The molecule has 206 valence electrons. The van der Waals surface area contributed by atoms with E-state index in [2.05, 4.69) is 10.6 Å². The van der Waals surface area contributed by atoms with E-state index in [0.717, 1.165) is 48.8 Å². The van der Waals surface area contributed by atoms with Gasteiger partial charge in [0.2, 0.25) is 17.7 Å². The number of nitrogens with one attached hydrogen (secondary N) is 2. The van der Waals surface area contributed by atoms with Crippen LogP contribution in [0.15, 0.2) is 18.2 Å². The third-order valence-corrected chi connectivity index (χ3v) is 6.69. The number of hydrogen-bond donors (Lipinski definition) is 3. The Kier molecular flexibility index (Phi) is 10.5. The predicted octanol–water partition coefficient (Wildman–Crippen LogP) is 3.80. The van der Waals surface area contributed by atoms with E-state index < -0.39 is 42.0 Å². The molecule has 37 heavy (non-hydrogen) atoms. The van der Waals surface area contributed by atoms with Gasteiger partial charge in [-0.15, -0.1) is 0 Å². The highest BCUT2D eigenvalue weighted by Crippen LogP contribution is 2.35.